The van der Waals surface area contributed by atoms with Crippen molar-refractivity contribution in [2.45, 2.75) is 13.8 Å². The van der Waals surface area contributed by atoms with Gasteiger partial charge < -0.3 is 29.3 Å². The normalized spacial score (nSPS) is 13.8. The van der Waals surface area contributed by atoms with Crippen molar-refractivity contribution in [3.05, 3.63) is 41.5 Å². The van der Waals surface area contributed by atoms with Crippen LogP contribution in [0.2, 0.25) is 0 Å². The molecule has 2 amide bonds. The predicted octanol–water partition coefficient (Wildman–Crippen LogP) is 3.68. The molecule has 0 aromatic heterocycles. The van der Waals surface area contributed by atoms with Gasteiger partial charge in [0.15, 0.2) is 11.5 Å². The van der Waals surface area contributed by atoms with Crippen molar-refractivity contribution >= 4 is 17.4 Å². The topological polar surface area (TPSA) is 63.3 Å². The number of nitrogens with zero attached hydrogens (tertiary/aromatic N) is 2. The van der Waals surface area contributed by atoms with E-state index in [9.17, 15) is 4.79 Å². The minimum atomic E-state index is -0.139. The van der Waals surface area contributed by atoms with E-state index >= 15 is 0 Å². The van der Waals surface area contributed by atoms with E-state index < -0.39 is 0 Å². The van der Waals surface area contributed by atoms with E-state index in [0.29, 0.717) is 36.0 Å². The molecule has 7 heteroatoms. The van der Waals surface area contributed by atoms with Crippen molar-refractivity contribution in [1.29, 1.82) is 0 Å². The Labute approximate surface area is 172 Å². The fraction of sp³-hybridized carbons (Fsp3) is 0.409. The van der Waals surface area contributed by atoms with Crippen molar-refractivity contribution in [2.24, 2.45) is 0 Å². The molecular formula is C22H29N3O4. The highest BCUT2D eigenvalue weighted by Gasteiger charge is 2.23. The lowest BCUT2D eigenvalue weighted by Crippen LogP contribution is -2.50. The van der Waals surface area contributed by atoms with E-state index in [1.807, 2.05) is 4.90 Å². The lowest BCUT2D eigenvalue weighted by atomic mass is 10.1. The summed E-state index contributed by atoms with van der Waals surface area (Å²) in [6.45, 7) is 7.18. The van der Waals surface area contributed by atoms with Gasteiger partial charge in [0, 0.05) is 44.0 Å². The Bertz CT molecular complexity index is 851. The highest BCUT2D eigenvalue weighted by molar-refractivity contribution is 5.90. The number of benzene rings is 2. The Kier molecular flexibility index (Phi) is 6.36. The second-order valence-electron chi connectivity index (χ2n) is 7.04. The van der Waals surface area contributed by atoms with E-state index in [1.54, 1.807) is 33.5 Å². The molecule has 1 saturated heterocycles. The fourth-order valence-electron chi connectivity index (χ4n) is 3.58. The minimum Gasteiger partial charge on any atom is -0.493 e. The smallest absolute Gasteiger partial charge is 0.321 e. The van der Waals surface area contributed by atoms with Crippen molar-refractivity contribution < 1.29 is 19.0 Å². The molecule has 1 heterocycles. The van der Waals surface area contributed by atoms with Crippen LogP contribution >= 0.6 is 0 Å². The molecule has 0 spiro atoms. The Morgan fingerprint density at radius 3 is 2.10 bits per heavy atom. The Morgan fingerprint density at radius 1 is 0.931 bits per heavy atom. The average molecular weight is 399 g/mol. The third-order valence-electron chi connectivity index (χ3n) is 5.40. The van der Waals surface area contributed by atoms with Crippen LogP contribution in [0.1, 0.15) is 11.1 Å². The van der Waals surface area contributed by atoms with E-state index in [2.05, 4.69) is 42.3 Å². The molecule has 2 aromatic carbocycles. The first-order chi connectivity index (χ1) is 14.0. The molecule has 0 radical (unpaired) electrons. The Balaban J connectivity index is 1.66. The predicted molar refractivity (Wildman–Crippen MR) is 115 cm³/mol. The molecule has 0 aliphatic carbocycles. The molecule has 1 aliphatic rings. The van der Waals surface area contributed by atoms with E-state index in [1.165, 1.54) is 16.8 Å². The first kappa shape index (κ1) is 20.6. The van der Waals surface area contributed by atoms with Crippen LogP contribution in [0.5, 0.6) is 17.2 Å². The molecule has 0 saturated carbocycles. The lowest BCUT2D eigenvalue weighted by molar-refractivity contribution is 0.208. The van der Waals surface area contributed by atoms with Crippen LogP contribution in [0.4, 0.5) is 16.2 Å². The molecule has 2 aromatic rings. The molecule has 156 valence electrons. The quantitative estimate of drug-likeness (QED) is 0.831. The molecule has 29 heavy (non-hydrogen) atoms. The summed E-state index contributed by atoms with van der Waals surface area (Å²) in [6, 6.07) is 9.67. The average Bonchev–Trinajstić information content (AvgIpc) is 2.75. The number of nitrogens with one attached hydrogen (secondary N) is 1. The van der Waals surface area contributed by atoms with Gasteiger partial charge in [-0.3, -0.25) is 0 Å². The van der Waals surface area contributed by atoms with E-state index in [-0.39, 0.29) is 6.03 Å². The van der Waals surface area contributed by atoms with Crippen LogP contribution in [0, 0.1) is 13.8 Å². The fourth-order valence-corrected chi connectivity index (χ4v) is 3.58. The van der Waals surface area contributed by atoms with E-state index in [4.69, 9.17) is 14.2 Å². The monoisotopic (exact) mass is 399 g/mol. The SMILES string of the molecule is COc1cc(NC(=O)N2CCN(c3cccc(C)c3C)CC2)cc(OC)c1OC. The molecule has 0 atom stereocenters. The lowest BCUT2D eigenvalue weighted by Gasteiger charge is -2.37. The molecule has 1 fully saturated rings. The van der Waals surface area contributed by atoms with Crippen molar-refractivity contribution in [3.8, 4) is 17.2 Å². The third kappa shape index (κ3) is 4.34. The summed E-state index contributed by atoms with van der Waals surface area (Å²) in [5.74, 6) is 1.50. The number of aryl methyl sites for hydroxylation is 1. The number of anilines is 2. The van der Waals surface area contributed by atoms with Gasteiger partial charge >= 0.3 is 6.03 Å². The Morgan fingerprint density at radius 2 is 1.55 bits per heavy atom. The van der Waals surface area contributed by atoms with Gasteiger partial charge in [0.05, 0.1) is 27.0 Å². The van der Waals surface area contributed by atoms with Crippen LogP contribution in [0.3, 0.4) is 0 Å². The number of hydrogen-bond acceptors (Lipinski definition) is 5. The summed E-state index contributed by atoms with van der Waals surface area (Å²) < 4.78 is 16.0. The maximum atomic E-state index is 12.8. The first-order valence-corrected chi connectivity index (χ1v) is 9.65. The number of hydrogen-bond donors (Lipinski definition) is 1. The van der Waals surface area contributed by atoms with Gasteiger partial charge in [-0.25, -0.2) is 4.79 Å². The van der Waals surface area contributed by atoms with Crippen LogP contribution in [-0.4, -0.2) is 58.4 Å². The van der Waals surface area contributed by atoms with Crippen LogP contribution in [-0.2, 0) is 0 Å². The van der Waals surface area contributed by atoms with E-state index in [0.717, 1.165) is 13.1 Å². The maximum Gasteiger partial charge on any atom is 0.321 e. The standard InChI is InChI=1S/C22H29N3O4/c1-15-7-6-8-18(16(15)2)24-9-11-25(12-10-24)22(26)23-17-13-19(27-3)21(29-5)20(14-17)28-4/h6-8,13-14H,9-12H2,1-5H3,(H,23,26). The van der Waals surface area contributed by atoms with Gasteiger partial charge in [-0.1, -0.05) is 12.1 Å². The van der Waals surface area contributed by atoms with Crippen molar-refractivity contribution in [1.82, 2.24) is 4.90 Å². The van der Waals surface area contributed by atoms with Crippen molar-refractivity contribution in [3.63, 3.8) is 0 Å². The Hall–Kier alpha value is -3.09. The number of piperazine rings is 1. The molecule has 3 rings (SSSR count). The number of carbonyl (C=O) groups is 1. The van der Waals surface area contributed by atoms with Gasteiger partial charge in [-0.15, -0.1) is 0 Å². The van der Waals surface area contributed by atoms with Gasteiger partial charge in [0.25, 0.3) is 0 Å². The summed E-state index contributed by atoms with van der Waals surface area (Å²) in [4.78, 5) is 16.9. The second kappa shape index (κ2) is 8.94. The number of rotatable bonds is 5. The zero-order chi connectivity index (χ0) is 21.0. The number of ether oxygens (including phenoxy) is 3. The van der Waals surface area contributed by atoms with Gasteiger partial charge in [0.1, 0.15) is 0 Å². The molecule has 0 unspecified atom stereocenters. The molecule has 1 N–H and O–H groups in total. The van der Waals surface area contributed by atoms with Crippen LogP contribution < -0.4 is 24.4 Å². The largest absolute Gasteiger partial charge is 0.493 e. The second-order valence-corrected chi connectivity index (χ2v) is 7.04. The van der Waals surface area contributed by atoms with Gasteiger partial charge in [0.2, 0.25) is 5.75 Å². The molecule has 1 aliphatic heterocycles. The number of carbonyl (C=O) groups excluding carboxylic acids is 1. The summed E-state index contributed by atoms with van der Waals surface area (Å²) >= 11 is 0. The molecule has 7 nitrogen and oxygen atoms in total. The minimum absolute atomic E-state index is 0.139. The first-order valence-electron chi connectivity index (χ1n) is 9.65. The summed E-state index contributed by atoms with van der Waals surface area (Å²) in [5, 5.41) is 2.94. The van der Waals surface area contributed by atoms with Crippen molar-refractivity contribution in [2.75, 3.05) is 57.7 Å². The van der Waals surface area contributed by atoms with Crippen LogP contribution in [0.25, 0.3) is 0 Å². The summed E-state index contributed by atoms with van der Waals surface area (Å²) in [5.41, 5.74) is 4.42. The number of urea groups is 1. The van der Waals surface area contributed by atoms with Gasteiger partial charge in [-0.2, -0.15) is 0 Å². The van der Waals surface area contributed by atoms with Crippen LogP contribution in [0.15, 0.2) is 30.3 Å². The maximum absolute atomic E-state index is 12.8. The van der Waals surface area contributed by atoms with Gasteiger partial charge in [-0.05, 0) is 31.0 Å². The third-order valence-corrected chi connectivity index (χ3v) is 5.40. The summed E-state index contributed by atoms with van der Waals surface area (Å²) in [6.07, 6.45) is 0. The molecule has 0 bridgehead atoms. The number of methoxy groups -OCH3 is 3. The zero-order valence-corrected chi connectivity index (χ0v) is 17.7. The molecular weight excluding hydrogens is 370 g/mol. The number of amides is 2. The highest BCUT2D eigenvalue weighted by atomic mass is 16.5. The zero-order valence-electron chi connectivity index (χ0n) is 17.7. The highest BCUT2D eigenvalue weighted by Crippen LogP contribution is 2.40. The summed E-state index contributed by atoms with van der Waals surface area (Å²) in [7, 11) is 4.65.